The maximum atomic E-state index is 12.5. The smallest absolute Gasteiger partial charge is 0.269 e. The minimum absolute atomic E-state index is 0.111. The second kappa shape index (κ2) is 8.93. The molecule has 9 nitrogen and oxygen atoms in total. The summed E-state index contributed by atoms with van der Waals surface area (Å²) >= 11 is -0.184. The predicted octanol–water partition coefficient (Wildman–Crippen LogP) is 3.19. The number of aromatic hydroxyl groups is 1. The molecule has 174 valence electrons. The van der Waals surface area contributed by atoms with Crippen LogP contribution in [0, 0.1) is 12.3 Å². The van der Waals surface area contributed by atoms with E-state index in [0.717, 1.165) is 9.18 Å². The maximum absolute atomic E-state index is 12.5. The van der Waals surface area contributed by atoms with Gasteiger partial charge in [-0.05, 0) is 36.6 Å². The van der Waals surface area contributed by atoms with Crippen molar-refractivity contribution in [2.45, 2.75) is 38.6 Å². The number of nitrogens with zero attached hydrogens (tertiary/aromatic N) is 3. The third-order valence-electron chi connectivity index (χ3n) is 4.77. The van der Waals surface area contributed by atoms with Gasteiger partial charge in [-0.15, -0.1) is 20.1 Å². The third kappa shape index (κ3) is 5.03. The Morgan fingerprint density at radius 3 is 2.34 bits per heavy atom. The average Bonchev–Trinajstić information content (AvgIpc) is 3.25. The van der Waals surface area contributed by atoms with E-state index in [0.29, 0.717) is 0 Å². The number of hydrogen-bond acceptors (Lipinski definition) is 7. The first kappa shape index (κ1) is 24.4. The highest BCUT2D eigenvalue weighted by molar-refractivity contribution is 7.89. The third-order valence-corrected chi connectivity index (χ3v) is 8.36. The molecule has 3 N–H and O–H groups in total. The first-order valence-electron chi connectivity index (χ1n) is 9.75. The summed E-state index contributed by atoms with van der Waals surface area (Å²) in [6.07, 6.45) is 0. The monoisotopic (exact) mass is 497 g/mol. The number of hydrogen-bond donors (Lipinski definition) is 3. The normalized spacial score (nSPS) is 17.8. The largest absolute Gasteiger partial charge is 0.504 e. The number of rotatable bonds is 5. The van der Waals surface area contributed by atoms with E-state index in [9.17, 15) is 17.7 Å². The Hall–Kier alpha value is -2.28. The van der Waals surface area contributed by atoms with Crippen LogP contribution in [-0.2, 0) is 21.2 Å². The molecule has 0 fully saturated rings. The van der Waals surface area contributed by atoms with Gasteiger partial charge in [0, 0.05) is 23.8 Å². The molecular formula is C20H27N5O4S3. The van der Waals surface area contributed by atoms with Crippen LogP contribution in [0.15, 0.2) is 44.0 Å². The van der Waals surface area contributed by atoms with Crippen molar-refractivity contribution in [1.82, 2.24) is 9.62 Å². The van der Waals surface area contributed by atoms with Gasteiger partial charge in [-0.3, -0.25) is 0 Å². The molecule has 0 bridgehead atoms. The fraction of sp³-hybridized carbons (Fsp3) is 0.400. The molecule has 0 saturated carbocycles. The highest BCUT2D eigenvalue weighted by Crippen LogP contribution is 2.37. The molecule has 0 saturated heterocycles. The molecule has 2 heterocycles. The van der Waals surface area contributed by atoms with Crippen molar-refractivity contribution in [2.24, 2.45) is 14.2 Å². The van der Waals surface area contributed by atoms with Crippen LogP contribution >= 0.6 is 11.3 Å². The van der Waals surface area contributed by atoms with Crippen LogP contribution in [0.2, 0.25) is 0 Å². The van der Waals surface area contributed by atoms with Crippen LogP contribution in [0.5, 0.6) is 5.75 Å². The van der Waals surface area contributed by atoms with Gasteiger partial charge in [0.1, 0.15) is 4.90 Å². The summed E-state index contributed by atoms with van der Waals surface area (Å²) in [7, 11) is -1.10. The minimum Gasteiger partial charge on any atom is -0.504 e. The van der Waals surface area contributed by atoms with Crippen LogP contribution in [-0.4, -0.2) is 47.8 Å². The maximum Gasteiger partial charge on any atom is 0.269 e. The Kier molecular flexibility index (Phi) is 6.80. The van der Waals surface area contributed by atoms with E-state index in [-0.39, 0.29) is 33.7 Å². The molecule has 1 aliphatic rings. The standard InChI is InChI=1S/C20H27N5O4S3/c1-12-10-11-14(30-12)17(20(2,3)4)22-19-18(23-31(27)24-19)21-13-8-7-9-15(16(13)26)32(28,29)25(5)6/h7-11,17,26H,1-6H3,(H,21,23)(H,22,24)/t17-,31?/m0/s1. The number of anilines is 1. The van der Waals surface area contributed by atoms with Gasteiger partial charge in [0.25, 0.3) is 11.2 Å². The van der Waals surface area contributed by atoms with Crippen molar-refractivity contribution < 1.29 is 17.7 Å². The van der Waals surface area contributed by atoms with Gasteiger partial charge < -0.3 is 15.7 Å². The number of sulfonamides is 1. The molecule has 1 unspecified atom stereocenters. The molecule has 0 radical (unpaired) electrons. The van der Waals surface area contributed by atoms with Gasteiger partial charge in [-0.1, -0.05) is 26.8 Å². The second-order valence-corrected chi connectivity index (χ2v) is 12.8. The quantitative estimate of drug-likeness (QED) is 0.545. The lowest BCUT2D eigenvalue weighted by molar-refractivity contribution is 0.307. The van der Waals surface area contributed by atoms with Crippen LogP contribution in [0.1, 0.15) is 36.6 Å². The van der Waals surface area contributed by atoms with Crippen LogP contribution in [0.3, 0.4) is 0 Å². The van der Waals surface area contributed by atoms with E-state index >= 15 is 0 Å². The number of phenols is 1. The molecule has 32 heavy (non-hydrogen) atoms. The Bertz CT molecular complexity index is 1210. The fourth-order valence-corrected chi connectivity index (χ4v) is 5.85. The average molecular weight is 498 g/mol. The number of phenolic OH excluding ortho intramolecular Hbond substituents is 1. The van der Waals surface area contributed by atoms with Crippen molar-refractivity contribution in [3.63, 3.8) is 0 Å². The molecular weight excluding hydrogens is 470 g/mol. The summed E-state index contributed by atoms with van der Waals surface area (Å²) in [4.78, 5) is 2.01. The summed E-state index contributed by atoms with van der Waals surface area (Å²) in [5.74, 6) is -0.0303. The van der Waals surface area contributed by atoms with Crippen molar-refractivity contribution >= 4 is 49.9 Å². The van der Waals surface area contributed by atoms with Crippen molar-refractivity contribution in [1.29, 1.82) is 0 Å². The zero-order valence-corrected chi connectivity index (χ0v) is 21.2. The van der Waals surface area contributed by atoms with Crippen LogP contribution in [0.4, 0.5) is 5.69 Å². The van der Waals surface area contributed by atoms with Crippen molar-refractivity contribution in [3.05, 3.63) is 40.1 Å². The molecule has 12 heteroatoms. The molecule has 1 aromatic heterocycles. The Morgan fingerprint density at radius 1 is 1.12 bits per heavy atom. The minimum atomic E-state index is -3.86. The van der Waals surface area contributed by atoms with Gasteiger partial charge in [0.15, 0.2) is 17.4 Å². The summed E-state index contributed by atoms with van der Waals surface area (Å²) in [5.41, 5.74) is -0.0871. The van der Waals surface area contributed by atoms with Gasteiger partial charge >= 0.3 is 0 Å². The first-order valence-corrected chi connectivity index (χ1v) is 13.1. The SMILES string of the molecule is Cc1ccc([C@H](NC2=NS(=O)N=C2Nc2cccc(S(=O)(=O)N(C)C)c2O)C(C)(C)C)s1. The zero-order valence-electron chi connectivity index (χ0n) is 18.7. The molecule has 1 aromatic carbocycles. The number of thiophene rings is 1. The van der Waals surface area contributed by atoms with E-state index in [1.165, 1.54) is 37.2 Å². The Labute approximate surface area is 195 Å². The summed E-state index contributed by atoms with van der Waals surface area (Å²) in [5, 5.41) is 16.8. The van der Waals surface area contributed by atoms with Crippen molar-refractivity contribution in [3.8, 4) is 5.75 Å². The molecule has 2 aromatic rings. The number of aryl methyl sites for hydroxylation is 1. The number of amidine groups is 2. The van der Waals surface area contributed by atoms with Gasteiger partial charge in [-0.2, -0.15) is 0 Å². The number of benzene rings is 1. The lowest BCUT2D eigenvalue weighted by Gasteiger charge is -2.31. The summed E-state index contributed by atoms with van der Waals surface area (Å²) in [6.45, 7) is 8.27. The number of para-hydroxylation sites is 1. The topological polar surface area (TPSA) is 123 Å². The van der Waals surface area contributed by atoms with Crippen LogP contribution in [0.25, 0.3) is 0 Å². The number of nitrogens with one attached hydrogen (secondary N) is 2. The van der Waals surface area contributed by atoms with Crippen LogP contribution < -0.4 is 10.6 Å². The van der Waals surface area contributed by atoms with Gasteiger partial charge in [0.05, 0.1) is 11.7 Å². The predicted molar refractivity (Wildman–Crippen MR) is 130 cm³/mol. The molecule has 0 aliphatic carbocycles. The highest BCUT2D eigenvalue weighted by Gasteiger charge is 2.32. The first-order chi connectivity index (χ1) is 14.8. The highest BCUT2D eigenvalue weighted by atomic mass is 32.2. The summed E-state index contributed by atoms with van der Waals surface area (Å²) in [6, 6.07) is 8.26. The van der Waals surface area contributed by atoms with E-state index in [1.807, 2.05) is 19.1 Å². The van der Waals surface area contributed by atoms with E-state index in [1.54, 1.807) is 11.3 Å². The Balaban J connectivity index is 1.92. The zero-order chi connectivity index (χ0) is 23.8. The molecule has 2 atom stereocenters. The lowest BCUT2D eigenvalue weighted by atomic mass is 9.85. The molecule has 1 aliphatic heterocycles. The molecule has 0 spiro atoms. The second-order valence-electron chi connectivity index (χ2n) is 8.57. The van der Waals surface area contributed by atoms with E-state index < -0.39 is 26.9 Å². The fourth-order valence-electron chi connectivity index (χ4n) is 3.06. The molecule has 3 rings (SSSR count). The van der Waals surface area contributed by atoms with Crippen molar-refractivity contribution in [2.75, 3.05) is 19.4 Å². The van der Waals surface area contributed by atoms with E-state index in [4.69, 9.17) is 0 Å². The lowest BCUT2D eigenvalue weighted by Crippen LogP contribution is -2.41. The van der Waals surface area contributed by atoms with Gasteiger partial charge in [0.2, 0.25) is 10.0 Å². The Morgan fingerprint density at radius 2 is 1.78 bits per heavy atom. The summed E-state index contributed by atoms with van der Waals surface area (Å²) < 4.78 is 46.2. The van der Waals surface area contributed by atoms with Gasteiger partial charge in [-0.25, -0.2) is 16.9 Å². The van der Waals surface area contributed by atoms with E-state index in [2.05, 4.69) is 40.2 Å². The molecule has 0 amide bonds.